The van der Waals surface area contributed by atoms with Crippen LogP contribution >= 0.6 is 0 Å². The molecular formula is C22H30FN2O4+. The predicted octanol–water partition coefficient (Wildman–Crippen LogP) is 4.22. The van der Waals surface area contributed by atoms with Crippen LogP contribution in [0.3, 0.4) is 0 Å². The number of benzene rings is 1. The Hall–Kier alpha value is -2.67. The van der Waals surface area contributed by atoms with E-state index in [1.807, 2.05) is 0 Å². The third-order valence-electron chi connectivity index (χ3n) is 4.47. The maximum absolute atomic E-state index is 13.3. The molecule has 7 heteroatoms. The molecule has 2 aromatic rings. The van der Waals surface area contributed by atoms with Gasteiger partial charge in [0, 0.05) is 16.9 Å². The first-order valence-electron chi connectivity index (χ1n) is 9.59. The van der Waals surface area contributed by atoms with Gasteiger partial charge in [-0.15, -0.1) is 0 Å². The van der Waals surface area contributed by atoms with Crippen LogP contribution in [-0.4, -0.2) is 22.0 Å². The van der Waals surface area contributed by atoms with Gasteiger partial charge in [0.1, 0.15) is 17.5 Å². The van der Waals surface area contributed by atoms with E-state index in [1.54, 1.807) is 53.7 Å². The van der Waals surface area contributed by atoms with E-state index in [2.05, 4.69) is 5.32 Å². The van der Waals surface area contributed by atoms with Crippen LogP contribution in [0.1, 0.15) is 65.3 Å². The van der Waals surface area contributed by atoms with Gasteiger partial charge in [-0.2, -0.15) is 0 Å². The minimum atomic E-state index is -0.920. The van der Waals surface area contributed by atoms with Crippen molar-refractivity contribution in [1.29, 1.82) is 0 Å². The highest BCUT2D eigenvalue weighted by Crippen LogP contribution is 2.28. The average Bonchev–Trinajstić information content (AvgIpc) is 2.59. The number of aliphatic hydroxyl groups is 1. The third-order valence-corrected chi connectivity index (χ3v) is 4.47. The first kappa shape index (κ1) is 22.6. The van der Waals surface area contributed by atoms with E-state index in [4.69, 9.17) is 4.74 Å². The van der Waals surface area contributed by atoms with Crippen molar-refractivity contribution in [2.75, 3.05) is 0 Å². The van der Waals surface area contributed by atoms with Crippen LogP contribution in [0.5, 0.6) is 0 Å². The molecular weight excluding hydrogens is 375 g/mol. The van der Waals surface area contributed by atoms with Gasteiger partial charge in [0.15, 0.2) is 0 Å². The molecule has 1 atom stereocenters. The second-order valence-corrected chi connectivity index (χ2v) is 8.55. The molecule has 158 valence electrons. The summed E-state index contributed by atoms with van der Waals surface area (Å²) in [5.41, 5.74) is 0.331. The van der Waals surface area contributed by atoms with Crippen LogP contribution < -0.4 is 10.0 Å². The molecule has 3 N–H and O–H groups in total. The van der Waals surface area contributed by atoms with Crippen molar-refractivity contribution in [1.82, 2.24) is 5.32 Å². The smallest absolute Gasteiger partial charge is 0.408 e. The first-order valence-corrected chi connectivity index (χ1v) is 9.59. The van der Waals surface area contributed by atoms with Gasteiger partial charge in [-0.3, -0.25) is 5.21 Å². The minimum absolute atomic E-state index is 0.267. The molecule has 29 heavy (non-hydrogen) atoms. The summed E-state index contributed by atoms with van der Waals surface area (Å²) in [6, 6.07) is 8.99. The zero-order chi connectivity index (χ0) is 22.0. The lowest BCUT2D eigenvalue weighted by atomic mass is 9.91. The van der Waals surface area contributed by atoms with Gasteiger partial charge >= 0.3 is 6.09 Å². The Labute approximate surface area is 170 Å². The fourth-order valence-corrected chi connectivity index (χ4v) is 2.87. The van der Waals surface area contributed by atoms with Gasteiger partial charge in [0.2, 0.25) is 0 Å². The lowest BCUT2D eigenvalue weighted by molar-refractivity contribution is -0.903. The van der Waals surface area contributed by atoms with E-state index < -0.39 is 29.2 Å². The molecule has 1 unspecified atom stereocenters. The van der Waals surface area contributed by atoms with Crippen molar-refractivity contribution in [3.8, 4) is 11.3 Å². The number of hydrogen-bond acceptors (Lipinski definition) is 4. The van der Waals surface area contributed by atoms with Gasteiger partial charge in [0.05, 0.1) is 11.1 Å². The maximum atomic E-state index is 13.3. The Bertz CT molecular complexity index is 874. The SMILES string of the molecule is CCC(O)c1cc(C(C)(C)NC(=O)OC(C)(C)C)cc(-c2ccc(F)cc2)[n+]1O. The first-order chi connectivity index (χ1) is 13.3. The van der Waals surface area contributed by atoms with Gasteiger partial charge in [-0.05, 0) is 70.9 Å². The fraction of sp³-hybridized carbons (Fsp3) is 0.455. The van der Waals surface area contributed by atoms with E-state index in [0.29, 0.717) is 23.2 Å². The largest absolute Gasteiger partial charge is 0.444 e. The number of halogens is 1. The van der Waals surface area contributed by atoms with Crippen molar-refractivity contribution in [2.45, 2.75) is 65.2 Å². The summed E-state index contributed by atoms with van der Waals surface area (Å²) >= 11 is 0. The molecule has 0 fully saturated rings. The quantitative estimate of drug-likeness (QED) is 0.514. The summed E-state index contributed by atoms with van der Waals surface area (Å²) in [6.45, 7) is 10.7. The number of aromatic nitrogens is 1. The Morgan fingerprint density at radius 1 is 1.17 bits per heavy atom. The lowest BCUT2D eigenvalue weighted by Crippen LogP contribution is -2.46. The number of amides is 1. The van der Waals surface area contributed by atoms with Crippen molar-refractivity contribution < 1.29 is 29.0 Å². The fourth-order valence-electron chi connectivity index (χ4n) is 2.87. The van der Waals surface area contributed by atoms with E-state index in [1.165, 1.54) is 24.3 Å². The van der Waals surface area contributed by atoms with Crippen molar-refractivity contribution in [2.24, 2.45) is 0 Å². The van der Waals surface area contributed by atoms with Crippen LogP contribution in [0.2, 0.25) is 0 Å². The van der Waals surface area contributed by atoms with E-state index >= 15 is 0 Å². The third kappa shape index (κ3) is 5.67. The van der Waals surface area contributed by atoms with Crippen LogP contribution in [0.4, 0.5) is 9.18 Å². The summed E-state index contributed by atoms with van der Waals surface area (Å²) in [4.78, 5) is 12.3. The normalized spacial score (nSPS) is 13.1. The monoisotopic (exact) mass is 405 g/mol. The van der Waals surface area contributed by atoms with Gasteiger partial charge < -0.3 is 15.2 Å². The van der Waals surface area contributed by atoms with E-state index in [9.17, 15) is 19.5 Å². The molecule has 0 aliphatic carbocycles. The van der Waals surface area contributed by atoms with Gasteiger partial charge in [0.25, 0.3) is 11.4 Å². The van der Waals surface area contributed by atoms with Gasteiger partial charge in [-0.25, -0.2) is 9.18 Å². The minimum Gasteiger partial charge on any atom is -0.444 e. The average molecular weight is 405 g/mol. The number of carbonyl (C=O) groups excluding carboxylic acids is 1. The van der Waals surface area contributed by atoms with Crippen LogP contribution in [-0.2, 0) is 10.3 Å². The highest BCUT2D eigenvalue weighted by atomic mass is 19.1. The van der Waals surface area contributed by atoms with Crippen molar-refractivity contribution >= 4 is 6.09 Å². The summed E-state index contributed by atoms with van der Waals surface area (Å²) in [5, 5.41) is 23.9. The summed E-state index contributed by atoms with van der Waals surface area (Å²) in [7, 11) is 0. The maximum Gasteiger partial charge on any atom is 0.408 e. The number of hydrogen-bond donors (Lipinski definition) is 3. The Kier molecular flexibility index (Phi) is 6.53. The lowest BCUT2D eigenvalue weighted by Gasteiger charge is -2.29. The number of alkyl carbamates (subject to hydrolysis) is 1. The second-order valence-electron chi connectivity index (χ2n) is 8.55. The molecule has 1 aromatic heterocycles. The molecule has 1 amide bonds. The molecule has 0 saturated carbocycles. The molecule has 0 radical (unpaired) electrons. The van der Waals surface area contributed by atoms with Crippen LogP contribution in [0.15, 0.2) is 36.4 Å². The van der Waals surface area contributed by atoms with E-state index in [-0.39, 0.29) is 5.69 Å². The standard InChI is InChI=1S/C22H29FN2O4/c1-7-19(26)18-13-15(22(5,6)24-20(27)29-21(2,3)4)12-17(25(18)28)14-8-10-16(23)11-9-14/h8-13,19,26H,7H2,1-6H3,(H-,24,27,28)/p+1. The number of nitrogens with one attached hydrogen (secondary N) is 1. The van der Waals surface area contributed by atoms with Crippen molar-refractivity contribution in [3.63, 3.8) is 0 Å². The van der Waals surface area contributed by atoms with Crippen LogP contribution in [0, 0.1) is 5.82 Å². The number of rotatable bonds is 5. The van der Waals surface area contributed by atoms with E-state index in [0.717, 1.165) is 4.73 Å². The number of ether oxygens (including phenoxy) is 1. The predicted molar refractivity (Wildman–Crippen MR) is 107 cm³/mol. The van der Waals surface area contributed by atoms with Crippen LogP contribution in [0.25, 0.3) is 11.3 Å². The summed E-state index contributed by atoms with van der Waals surface area (Å²) < 4.78 is 19.6. The molecule has 0 bridgehead atoms. The zero-order valence-corrected chi connectivity index (χ0v) is 17.8. The Balaban J connectivity index is 2.54. The molecule has 0 aliphatic rings. The molecule has 1 heterocycles. The number of carbonyl (C=O) groups is 1. The zero-order valence-electron chi connectivity index (χ0n) is 17.8. The highest BCUT2D eigenvalue weighted by Gasteiger charge is 2.33. The molecule has 2 rings (SSSR count). The summed E-state index contributed by atoms with van der Waals surface area (Å²) in [6.07, 6.45) is -1.12. The number of aliphatic hydroxyl groups excluding tert-OH is 1. The molecule has 0 spiro atoms. The molecule has 0 aliphatic heterocycles. The van der Waals surface area contributed by atoms with Gasteiger partial charge in [-0.1, -0.05) is 6.92 Å². The second kappa shape index (κ2) is 8.37. The Morgan fingerprint density at radius 2 is 1.76 bits per heavy atom. The van der Waals surface area contributed by atoms with Crippen molar-refractivity contribution in [3.05, 3.63) is 53.5 Å². The number of pyridine rings is 1. The Morgan fingerprint density at radius 3 is 2.28 bits per heavy atom. The summed E-state index contributed by atoms with van der Waals surface area (Å²) in [5.74, 6) is -0.393. The molecule has 0 saturated heterocycles. The highest BCUT2D eigenvalue weighted by molar-refractivity contribution is 5.69. The number of nitrogens with zero attached hydrogens (tertiary/aromatic N) is 1. The molecule has 6 nitrogen and oxygen atoms in total. The molecule has 1 aromatic carbocycles. The topological polar surface area (TPSA) is 82.7 Å².